The van der Waals surface area contributed by atoms with Gasteiger partial charge < -0.3 is 9.32 Å². The quantitative estimate of drug-likeness (QED) is 0.850. The van der Waals surface area contributed by atoms with Crippen LogP contribution in [0.5, 0.6) is 0 Å². The molecule has 2 aromatic rings. The molecule has 1 amide bonds. The molecule has 18 heavy (non-hydrogen) atoms. The summed E-state index contributed by atoms with van der Waals surface area (Å²) in [7, 11) is 0. The number of hydrogen-bond donors (Lipinski definition) is 0. The van der Waals surface area contributed by atoms with Gasteiger partial charge in [0.05, 0.1) is 18.3 Å². The topological polar surface area (TPSA) is 46.3 Å². The molecule has 0 aliphatic carbocycles. The van der Waals surface area contributed by atoms with Crippen LogP contribution in [0.2, 0.25) is 0 Å². The maximum Gasteiger partial charge on any atom is 0.234 e. The lowest BCUT2D eigenvalue weighted by Crippen LogP contribution is -2.27. The molecule has 2 aromatic heterocycles. The van der Waals surface area contributed by atoms with Gasteiger partial charge >= 0.3 is 0 Å². The number of furan rings is 1. The predicted molar refractivity (Wildman–Crippen MR) is 68.7 cm³/mol. The normalized spacial score (nSPS) is 19.4. The molecular weight excluding hydrogens is 248 g/mol. The van der Waals surface area contributed by atoms with E-state index in [9.17, 15) is 4.79 Å². The summed E-state index contributed by atoms with van der Waals surface area (Å²) in [6, 6.07) is 5.78. The molecule has 3 heterocycles. The van der Waals surface area contributed by atoms with Crippen LogP contribution < -0.4 is 0 Å². The fourth-order valence-electron chi connectivity index (χ4n) is 2.01. The molecule has 1 aliphatic heterocycles. The minimum atomic E-state index is 0.0523. The van der Waals surface area contributed by atoms with Crippen LogP contribution in [0.15, 0.2) is 47.5 Å². The second-order valence-electron chi connectivity index (χ2n) is 4.10. The van der Waals surface area contributed by atoms with Crippen LogP contribution in [0.1, 0.15) is 16.5 Å². The number of hydrogen-bond acceptors (Lipinski definition) is 4. The molecule has 1 atom stereocenters. The highest BCUT2D eigenvalue weighted by molar-refractivity contribution is 8.00. The fourth-order valence-corrected chi connectivity index (χ4v) is 3.17. The number of aromatic nitrogens is 1. The molecule has 92 valence electrons. The van der Waals surface area contributed by atoms with Crippen LogP contribution in [-0.4, -0.2) is 21.5 Å². The fraction of sp³-hybridized carbons (Fsp3) is 0.231. The molecule has 1 saturated heterocycles. The third-order valence-corrected chi connectivity index (χ3v) is 4.13. The van der Waals surface area contributed by atoms with Crippen LogP contribution in [0.25, 0.3) is 0 Å². The minimum absolute atomic E-state index is 0.0523. The molecule has 0 spiro atoms. The van der Waals surface area contributed by atoms with E-state index >= 15 is 0 Å². The second-order valence-corrected chi connectivity index (χ2v) is 5.17. The van der Waals surface area contributed by atoms with E-state index in [1.807, 2.05) is 23.1 Å². The van der Waals surface area contributed by atoms with Crippen LogP contribution in [0.4, 0.5) is 0 Å². The van der Waals surface area contributed by atoms with Crippen molar-refractivity contribution in [2.45, 2.75) is 11.9 Å². The van der Waals surface area contributed by atoms with Crippen molar-refractivity contribution in [3.05, 3.63) is 54.2 Å². The van der Waals surface area contributed by atoms with Gasteiger partial charge in [-0.3, -0.25) is 9.78 Å². The van der Waals surface area contributed by atoms with Gasteiger partial charge in [0.1, 0.15) is 5.37 Å². The van der Waals surface area contributed by atoms with Crippen molar-refractivity contribution < 1.29 is 9.21 Å². The van der Waals surface area contributed by atoms with E-state index in [0.29, 0.717) is 12.3 Å². The Bertz CT molecular complexity index is 527. The van der Waals surface area contributed by atoms with E-state index in [0.717, 1.165) is 11.1 Å². The number of thioether (sulfide) groups is 1. The van der Waals surface area contributed by atoms with E-state index < -0.39 is 0 Å². The van der Waals surface area contributed by atoms with Crippen molar-refractivity contribution in [2.75, 3.05) is 5.75 Å². The summed E-state index contributed by atoms with van der Waals surface area (Å²) in [6.07, 6.45) is 6.87. The van der Waals surface area contributed by atoms with Crippen molar-refractivity contribution in [1.29, 1.82) is 0 Å². The SMILES string of the molecule is O=C1CSC(c2ccoc2)N1Cc1cccnc1. The first-order valence-electron chi connectivity index (χ1n) is 5.66. The molecule has 1 fully saturated rings. The Labute approximate surface area is 109 Å². The Hall–Kier alpha value is -1.75. The molecule has 0 aromatic carbocycles. The summed E-state index contributed by atoms with van der Waals surface area (Å²) in [5.74, 6) is 0.686. The largest absolute Gasteiger partial charge is 0.472 e. The number of rotatable bonds is 3. The molecule has 0 radical (unpaired) electrons. The highest BCUT2D eigenvalue weighted by Gasteiger charge is 2.33. The van der Waals surface area contributed by atoms with Crippen molar-refractivity contribution in [3.63, 3.8) is 0 Å². The average molecular weight is 260 g/mol. The highest BCUT2D eigenvalue weighted by atomic mass is 32.2. The van der Waals surface area contributed by atoms with Gasteiger partial charge in [0, 0.05) is 24.5 Å². The zero-order valence-electron chi connectivity index (χ0n) is 9.65. The van der Waals surface area contributed by atoms with Crippen LogP contribution >= 0.6 is 11.8 Å². The smallest absolute Gasteiger partial charge is 0.234 e. The van der Waals surface area contributed by atoms with E-state index in [1.54, 1.807) is 36.7 Å². The maximum absolute atomic E-state index is 11.9. The summed E-state index contributed by atoms with van der Waals surface area (Å²) >= 11 is 1.63. The first-order chi connectivity index (χ1) is 8.84. The lowest BCUT2D eigenvalue weighted by Gasteiger charge is -2.22. The molecule has 1 unspecified atom stereocenters. The summed E-state index contributed by atoms with van der Waals surface area (Å²) in [5.41, 5.74) is 2.08. The zero-order valence-corrected chi connectivity index (χ0v) is 10.5. The summed E-state index contributed by atoms with van der Waals surface area (Å²) in [6.45, 7) is 0.593. The molecule has 5 heteroatoms. The van der Waals surface area contributed by atoms with Gasteiger partial charge in [-0.05, 0) is 17.7 Å². The van der Waals surface area contributed by atoms with E-state index in [1.165, 1.54) is 0 Å². The predicted octanol–water partition coefficient (Wildman–Crippen LogP) is 2.45. The van der Waals surface area contributed by atoms with Gasteiger partial charge in [0.15, 0.2) is 0 Å². The molecule has 3 rings (SSSR count). The number of carbonyl (C=O) groups excluding carboxylic acids is 1. The number of pyridine rings is 1. The van der Waals surface area contributed by atoms with Gasteiger partial charge in [-0.2, -0.15) is 0 Å². The average Bonchev–Trinajstić information content (AvgIpc) is 3.02. The van der Waals surface area contributed by atoms with Crippen molar-refractivity contribution in [1.82, 2.24) is 9.88 Å². The Kier molecular flexibility index (Phi) is 3.06. The van der Waals surface area contributed by atoms with Crippen molar-refractivity contribution >= 4 is 17.7 Å². The van der Waals surface area contributed by atoms with E-state index in [2.05, 4.69) is 4.98 Å². The third-order valence-electron chi connectivity index (χ3n) is 2.87. The van der Waals surface area contributed by atoms with Gasteiger partial charge in [0.2, 0.25) is 5.91 Å². The van der Waals surface area contributed by atoms with Gasteiger partial charge in [-0.25, -0.2) is 0 Å². The van der Waals surface area contributed by atoms with Gasteiger partial charge in [0.25, 0.3) is 0 Å². The Morgan fingerprint density at radius 2 is 2.44 bits per heavy atom. The molecule has 0 N–H and O–H groups in total. The van der Waals surface area contributed by atoms with Gasteiger partial charge in [-0.15, -0.1) is 11.8 Å². The van der Waals surface area contributed by atoms with E-state index in [4.69, 9.17) is 4.42 Å². The number of carbonyl (C=O) groups is 1. The summed E-state index contributed by atoms with van der Waals surface area (Å²) in [5, 5.41) is 0.0523. The maximum atomic E-state index is 11.9. The molecular formula is C13H12N2O2S. The molecule has 0 saturated carbocycles. The van der Waals surface area contributed by atoms with Crippen molar-refractivity contribution in [3.8, 4) is 0 Å². The standard InChI is InChI=1S/C13H12N2O2S/c16-12-9-18-13(11-3-5-17-8-11)15(12)7-10-2-1-4-14-6-10/h1-6,8,13H,7,9H2. The Morgan fingerprint density at radius 3 is 3.17 bits per heavy atom. The number of amides is 1. The lowest BCUT2D eigenvalue weighted by molar-refractivity contribution is -0.128. The number of nitrogens with zero attached hydrogens (tertiary/aromatic N) is 2. The second kappa shape index (κ2) is 4.86. The van der Waals surface area contributed by atoms with Crippen LogP contribution in [0.3, 0.4) is 0 Å². The summed E-state index contributed by atoms with van der Waals surface area (Å²) < 4.78 is 5.10. The first kappa shape index (κ1) is 11.3. The van der Waals surface area contributed by atoms with E-state index in [-0.39, 0.29) is 11.3 Å². The van der Waals surface area contributed by atoms with Crippen molar-refractivity contribution in [2.24, 2.45) is 0 Å². The lowest BCUT2D eigenvalue weighted by atomic mass is 10.2. The third kappa shape index (κ3) is 2.13. The zero-order chi connectivity index (χ0) is 12.4. The Balaban J connectivity index is 1.82. The molecule has 0 bridgehead atoms. The van der Waals surface area contributed by atoms with Crippen LogP contribution in [0, 0.1) is 0 Å². The van der Waals surface area contributed by atoms with Crippen LogP contribution in [-0.2, 0) is 11.3 Å². The summed E-state index contributed by atoms with van der Waals surface area (Å²) in [4.78, 5) is 17.9. The first-order valence-corrected chi connectivity index (χ1v) is 6.71. The molecule has 4 nitrogen and oxygen atoms in total. The highest BCUT2D eigenvalue weighted by Crippen LogP contribution is 2.39. The molecule has 1 aliphatic rings. The monoisotopic (exact) mass is 260 g/mol. The Morgan fingerprint density at radius 1 is 1.50 bits per heavy atom. The van der Waals surface area contributed by atoms with Gasteiger partial charge in [-0.1, -0.05) is 6.07 Å². The minimum Gasteiger partial charge on any atom is -0.472 e.